The Balaban J connectivity index is 0.000000757. The van der Waals surface area contributed by atoms with Crippen molar-refractivity contribution in [2.24, 2.45) is 0 Å². The number of hydrogen-bond acceptors (Lipinski definition) is 6. The molecule has 9 heteroatoms. The fourth-order valence-corrected chi connectivity index (χ4v) is 4.04. The third-order valence-electron chi connectivity index (χ3n) is 5.17. The van der Waals surface area contributed by atoms with Gasteiger partial charge in [0.15, 0.2) is 0 Å². The van der Waals surface area contributed by atoms with Crippen molar-refractivity contribution in [3.05, 3.63) is 90.0 Å². The van der Waals surface area contributed by atoms with E-state index in [1.807, 2.05) is 80.5 Å². The molecule has 3 N–H and O–H groups in total. The second kappa shape index (κ2) is 16.8. The first-order valence-electron chi connectivity index (χ1n) is 12.1. The molecule has 0 unspecified atom stereocenters. The van der Waals surface area contributed by atoms with Gasteiger partial charge in [-0.15, -0.1) is 0 Å². The van der Waals surface area contributed by atoms with Crippen LogP contribution in [0, 0.1) is 0 Å². The van der Waals surface area contributed by atoms with E-state index >= 15 is 0 Å². The van der Waals surface area contributed by atoms with Crippen LogP contribution in [-0.4, -0.2) is 72.5 Å². The van der Waals surface area contributed by atoms with Gasteiger partial charge in [0.25, 0.3) is 5.91 Å². The minimum atomic E-state index is -1.82. The highest BCUT2D eigenvalue weighted by atomic mass is 32.2. The van der Waals surface area contributed by atoms with Crippen molar-refractivity contribution in [2.45, 2.75) is 12.2 Å². The Morgan fingerprint density at radius 2 is 1.55 bits per heavy atom. The van der Waals surface area contributed by atoms with Gasteiger partial charge >= 0.3 is 11.9 Å². The first-order chi connectivity index (χ1) is 18.3. The standard InChI is InChI=1S/C27H32N2O2S.C2H2O4/c1-29(2)17-7-16-28-27(30)24-14-12-23(13-15-24)25-9-6-8-22(20-25)21-32-19-18-31-26-10-4-3-5-11-26;3-1(4)2(5)6/h3-6,8-15,20H,7,16-19,21H2,1-2H3,(H,28,30);(H,3,4)(H,5,6). The normalized spacial score (nSPS) is 10.3. The Labute approximate surface area is 227 Å². The number of benzene rings is 3. The van der Waals surface area contributed by atoms with Gasteiger partial charge < -0.3 is 25.2 Å². The van der Waals surface area contributed by atoms with E-state index < -0.39 is 11.9 Å². The third-order valence-corrected chi connectivity index (χ3v) is 6.16. The maximum Gasteiger partial charge on any atom is 0.414 e. The molecule has 3 aromatic carbocycles. The molecule has 0 aliphatic rings. The largest absolute Gasteiger partial charge is 0.493 e. The molecular weight excluding hydrogens is 504 g/mol. The molecule has 0 radical (unpaired) electrons. The van der Waals surface area contributed by atoms with Crippen LogP contribution in [0.2, 0.25) is 0 Å². The number of para-hydroxylation sites is 1. The smallest absolute Gasteiger partial charge is 0.414 e. The molecule has 0 atom stereocenters. The molecule has 0 aromatic heterocycles. The van der Waals surface area contributed by atoms with Crippen molar-refractivity contribution in [1.82, 2.24) is 10.2 Å². The number of aliphatic carboxylic acids is 2. The fourth-order valence-electron chi connectivity index (χ4n) is 3.28. The molecule has 0 saturated carbocycles. The van der Waals surface area contributed by atoms with Crippen LogP contribution < -0.4 is 10.1 Å². The summed E-state index contributed by atoms with van der Waals surface area (Å²) >= 11 is 1.87. The van der Waals surface area contributed by atoms with Gasteiger partial charge in [0.05, 0.1) is 6.61 Å². The highest BCUT2D eigenvalue weighted by Crippen LogP contribution is 2.23. The summed E-state index contributed by atoms with van der Waals surface area (Å²) < 4.78 is 5.75. The van der Waals surface area contributed by atoms with Gasteiger partial charge in [0.1, 0.15) is 5.75 Å². The van der Waals surface area contributed by atoms with Crippen LogP contribution in [0.3, 0.4) is 0 Å². The molecule has 0 heterocycles. The maximum atomic E-state index is 12.3. The van der Waals surface area contributed by atoms with Crippen LogP contribution >= 0.6 is 11.8 Å². The minimum Gasteiger partial charge on any atom is -0.493 e. The number of carboxylic acid groups (broad SMARTS) is 2. The monoisotopic (exact) mass is 538 g/mol. The van der Waals surface area contributed by atoms with Crippen LogP contribution in [0.1, 0.15) is 22.3 Å². The number of ether oxygens (including phenoxy) is 1. The molecule has 3 rings (SSSR count). The molecule has 0 fully saturated rings. The summed E-state index contributed by atoms with van der Waals surface area (Å²) in [5.41, 5.74) is 4.27. The van der Waals surface area contributed by atoms with Crippen molar-refractivity contribution in [2.75, 3.05) is 39.5 Å². The molecule has 8 nitrogen and oxygen atoms in total. The number of rotatable bonds is 12. The SMILES string of the molecule is CN(C)CCCNC(=O)c1ccc(-c2cccc(CSCCOc3ccccc3)c2)cc1.O=C(O)C(=O)O. The van der Waals surface area contributed by atoms with Crippen LogP contribution in [0.5, 0.6) is 5.75 Å². The minimum absolute atomic E-state index is 0.0156. The quantitative estimate of drug-likeness (QED) is 0.228. The lowest BCUT2D eigenvalue weighted by atomic mass is 10.0. The molecule has 0 saturated heterocycles. The van der Waals surface area contributed by atoms with Gasteiger partial charge in [-0.2, -0.15) is 11.8 Å². The second-order valence-electron chi connectivity index (χ2n) is 8.51. The third kappa shape index (κ3) is 11.9. The first kappa shape index (κ1) is 30.4. The van der Waals surface area contributed by atoms with Crippen LogP contribution in [0.25, 0.3) is 11.1 Å². The predicted molar refractivity (Wildman–Crippen MR) is 151 cm³/mol. The van der Waals surface area contributed by atoms with Crippen molar-refractivity contribution in [3.8, 4) is 16.9 Å². The summed E-state index contributed by atoms with van der Waals surface area (Å²) in [4.78, 5) is 32.6. The zero-order valence-corrected chi connectivity index (χ0v) is 22.4. The van der Waals surface area contributed by atoms with Gasteiger partial charge in [-0.3, -0.25) is 4.79 Å². The number of thioether (sulfide) groups is 1. The number of hydrogen-bond donors (Lipinski definition) is 3. The van der Waals surface area contributed by atoms with Crippen molar-refractivity contribution >= 4 is 29.6 Å². The maximum absolute atomic E-state index is 12.3. The number of carbonyl (C=O) groups is 3. The van der Waals surface area contributed by atoms with Crippen molar-refractivity contribution < 1.29 is 29.3 Å². The van der Waals surface area contributed by atoms with Crippen LogP contribution in [0.15, 0.2) is 78.9 Å². The molecule has 0 bridgehead atoms. The summed E-state index contributed by atoms with van der Waals surface area (Å²) in [5, 5.41) is 17.8. The number of nitrogens with one attached hydrogen (secondary N) is 1. The molecule has 0 spiro atoms. The number of nitrogens with zero attached hydrogens (tertiary/aromatic N) is 1. The van der Waals surface area contributed by atoms with Crippen LogP contribution in [-0.2, 0) is 15.3 Å². The van der Waals surface area contributed by atoms with Gasteiger partial charge in [0.2, 0.25) is 0 Å². The first-order valence-corrected chi connectivity index (χ1v) is 13.3. The van der Waals surface area contributed by atoms with E-state index in [1.54, 1.807) is 0 Å². The zero-order valence-electron chi connectivity index (χ0n) is 21.6. The number of amides is 1. The van der Waals surface area contributed by atoms with E-state index in [0.717, 1.165) is 35.8 Å². The summed E-state index contributed by atoms with van der Waals surface area (Å²) in [6.45, 7) is 2.36. The Morgan fingerprint density at radius 3 is 2.18 bits per heavy atom. The highest BCUT2D eigenvalue weighted by Gasteiger charge is 2.07. The zero-order chi connectivity index (χ0) is 27.8. The predicted octanol–water partition coefficient (Wildman–Crippen LogP) is 4.50. The number of carboxylic acids is 2. The van der Waals surface area contributed by atoms with Crippen molar-refractivity contribution in [3.63, 3.8) is 0 Å². The van der Waals surface area contributed by atoms with E-state index in [9.17, 15) is 4.79 Å². The Kier molecular flexibility index (Phi) is 13.5. The molecule has 38 heavy (non-hydrogen) atoms. The molecule has 1 amide bonds. The van der Waals surface area contributed by atoms with E-state index in [0.29, 0.717) is 18.7 Å². The number of carbonyl (C=O) groups excluding carboxylic acids is 1. The summed E-state index contributed by atoms with van der Waals surface area (Å²) in [6, 6.07) is 26.4. The van der Waals surface area contributed by atoms with Gasteiger partial charge in [0, 0.05) is 23.6 Å². The second-order valence-corrected chi connectivity index (χ2v) is 9.62. The topological polar surface area (TPSA) is 116 Å². The van der Waals surface area contributed by atoms with Gasteiger partial charge in [-0.25, -0.2) is 9.59 Å². The lowest BCUT2D eigenvalue weighted by Gasteiger charge is -2.10. The van der Waals surface area contributed by atoms with E-state index in [1.165, 1.54) is 11.1 Å². The summed E-state index contributed by atoms with van der Waals surface area (Å²) in [5.74, 6) is -0.861. The van der Waals surface area contributed by atoms with Crippen LogP contribution in [0.4, 0.5) is 0 Å². The molecule has 0 aliphatic heterocycles. The molecule has 202 valence electrons. The Bertz CT molecular complexity index is 1140. The van der Waals surface area contributed by atoms with E-state index in [-0.39, 0.29) is 5.91 Å². The van der Waals surface area contributed by atoms with Gasteiger partial charge in [-0.05, 0) is 68.0 Å². The van der Waals surface area contributed by atoms with Gasteiger partial charge in [-0.1, -0.05) is 54.6 Å². The lowest BCUT2D eigenvalue weighted by Crippen LogP contribution is -2.27. The molecule has 0 aliphatic carbocycles. The average Bonchev–Trinajstić information content (AvgIpc) is 2.92. The molecule has 3 aromatic rings. The van der Waals surface area contributed by atoms with Crippen molar-refractivity contribution in [1.29, 1.82) is 0 Å². The highest BCUT2D eigenvalue weighted by molar-refractivity contribution is 7.98. The lowest BCUT2D eigenvalue weighted by molar-refractivity contribution is -0.159. The van der Waals surface area contributed by atoms with E-state index in [2.05, 4.69) is 34.5 Å². The summed E-state index contributed by atoms with van der Waals surface area (Å²) in [6.07, 6.45) is 0.944. The average molecular weight is 539 g/mol. The fraction of sp³-hybridized carbons (Fsp3) is 0.276. The van der Waals surface area contributed by atoms with E-state index in [4.69, 9.17) is 24.5 Å². The summed E-state index contributed by atoms with van der Waals surface area (Å²) in [7, 11) is 4.07. The molecular formula is C29H34N2O6S. The Hall–Kier alpha value is -3.82. The Morgan fingerprint density at radius 1 is 0.868 bits per heavy atom.